The van der Waals surface area contributed by atoms with E-state index in [1.165, 1.54) is 32.1 Å². The molecule has 1 heterocycles. The van der Waals surface area contributed by atoms with Crippen molar-refractivity contribution in [2.75, 3.05) is 46.4 Å². The van der Waals surface area contributed by atoms with Gasteiger partial charge in [0, 0.05) is 32.1 Å². The molecule has 23 heavy (non-hydrogen) atoms. The average Bonchev–Trinajstić information content (AvgIpc) is 2.56. The molecule has 0 aromatic rings. The highest BCUT2D eigenvalue weighted by Gasteiger charge is 2.20. The molecule has 134 valence electrons. The van der Waals surface area contributed by atoms with E-state index < -0.39 is 0 Å². The molecular formula is C18H35N3O2. The van der Waals surface area contributed by atoms with Crippen molar-refractivity contribution in [2.45, 2.75) is 57.4 Å². The third kappa shape index (κ3) is 7.19. The maximum absolute atomic E-state index is 12.1. The number of β-amino-alcohol motifs (C(OH)–C–C–N with tert-alkyl or cyclic N) is 1. The molecule has 0 bridgehead atoms. The van der Waals surface area contributed by atoms with Crippen molar-refractivity contribution in [3.05, 3.63) is 0 Å². The first-order valence-corrected chi connectivity index (χ1v) is 9.48. The molecule has 0 atom stereocenters. The maximum Gasteiger partial charge on any atom is 0.221 e. The van der Waals surface area contributed by atoms with Crippen LogP contribution in [-0.2, 0) is 4.79 Å². The number of amides is 1. The Hall–Kier alpha value is -0.650. The van der Waals surface area contributed by atoms with Crippen LogP contribution in [0, 0.1) is 5.92 Å². The van der Waals surface area contributed by atoms with Gasteiger partial charge in [-0.2, -0.15) is 0 Å². The molecule has 5 nitrogen and oxygen atoms in total. The monoisotopic (exact) mass is 325 g/mol. The van der Waals surface area contributed by atoms with Crippen LogP contribution in [0.1, 0.15) is 51.4 Å². The van der Waals surface area contributed by atoms with Crippen LogP contribution in [0.3, 0.4) is 0 Å². The molecule has 5 heteroatoms. The molecule has 1 saturated carbocycles. The van der Waals surface area contributed by atoms with Gasteiger partial charge < -0.3 is 20.2 Å². The first-order chi connectivity index (χ1) is 11.2. The van der Waals surface area contributed by atoms with E-state index in [4.69, 9.17) is 5.11 Å². The minimum absolute atomic E-state index is 0.224. The summed E-state index contributed by atoms with van der Waals surface area (Å²) in [5.41, 5.74) is 0. The largest absolute Gasteiger partial charge is 0.395 e. The third-order valence-electron chi connectivity index (χ3n) is 5.38. The molecule has 1 saturated heterocycles. The van der Waals surface area contributed by atoms with Crippen LogP contribution in [-0.4, -0.2) is 73.2 Å². The number of piperidine rings is 1. The molecule has 0 radical (unpaired) electrons. The lowest BCUT2D eigenvalue weighted by Crippen LogP contribution is -2.40. The number of hydrogen-bond donors (Lipinski definition) is 2. The maximum atomic E-state index is 12.1. The second kappa shape index (κ2) is 10.3. The average molecular weight is 325 g/mol. The lowest BCUT2D eigenvalue weighted by molar-refractivity contribution is -0.122. The minimum atomic E-state index is 0.224. The molecule has 1 aliphatic carbocycles. The molecule has 0 aromatic heterocycles. The second-order valence-corrected chi connectivity index (χ2v) is 7.42. The van der Waals surface area contributed by atoms with Gasteiger partial charge in [0.15, 0.2) is 0 Å². The van der Waals surface area contributed by atoms with E-state index in [1.54, 1.807) is 0 Å². The molecule has 1 amide bonds. The van der Waals surface area contributed by atoms with Crippen LogP contribution in [0.4, 0.5) is 0 Å². The Morgan fingerprint density at radius 3 is 2.52 bits per heavy atom. The minimum Gasteiger partial charge on any atom is -0.395 e. The van der Waals surface area contributed by atoms with E-state index in [2.05, 4.69) is 22.2 Å². The summed E-state index contributed by atoms with van der Waals surface area (Å²) in [4.78, 5) is 16.7. The van der Waals surface area contributed by atoms with E-state index in [-0.39, 0.29) is 12.5 Å². The smallest absolute Gasteiger partial charge is 0.221 e. The summed E-state index contributed by atoms with van der Waals surface area (Å²) >= 11 is 0. The van der Waals surface area contributed by atoms with Crippen LogP contribution in [0.25, 0.3) is 0 Å². The van der Waals surface area contributed by atoms with Gasteiger partial charge in [-0.15, -0.1) is 0 Å². The van der Waals surface area contributed by atoms with Crippen molar-refractivity contribution in [3.63, 3.8) is 0 Å². The van der Waals surface area contributed by atoms with Crippen molar-refractivity contribution in [1.29, 1.82) is 0 Å². The van der Waals surface area contributed by atoms with Crippen molar-refractivity contribution in [1.82, 2.24) is 15.1 Å². The Morgan fingerprint density at radius 1 is 1.17 bits per heavy atom. The van der Waals surface area contributed by atoms with E-state index in [0.717, 1.165) is 51.5 Å². The molecule has 1 aliphatic heterocycles. The summed E-state index contributed by atoms with van der Waals surface area (Å²) < 4.78 is 0. The van der Waals surface area contributed by atoms with Gasteiger partial charge in [0.2, 0.25) is 5.91 Å². The molecule has 0 spiro atoms. The zero-order chi connectivity index (χ0) is 16.5. The number of likely N-dealkylation sites (tertiary alicyclic amines) is 1. The number of hydrogen-bond acceptors (Lipinski definition) is 4. The summed E-state index contributed by atoms with van der Waals surface area (Å²) in [7, 11) is 2.13. The SMILES string of the molecule is CN(CCC(=O)NC1CCCCC1)CC1CCN(CCO)CC1. The molecule has 2 aliphatic rings. The zero-order valence-electron chi connectivity index (χ0n) is 14.8. The van der Waals surface area contributed by atoms with Crippen molar-refractivity contribution < 1.29 is 9.90 Å². The van der Waals surface area contributed by atoms with E-state index in [0.29, 0.717) is 12.5 Å². The fourth-order valence-corrected chi connectivity index (χ4v) is 3.91. The number of aliphatic hydroxyl groups is 1. The molecule has 2 rings (SSSR count). The number of carbonyl (C=O) groups is 1. The Balaban J connectivity index is 1.56. The van der Waals surface area contributed by atoms with Crippen LogP contribution in [0.2, 0.25) is 0 Å². The number of aliphatic hydroxyl groups excluding tert-OH is 1. The molecular weight excluding hydrogens is 290 g/mol. The lowest BCUT2D eigenvalue weighted by Gasteiger charge is -2.33. The van der Waals surface area contributed by atoms with Crippen LogP contribution in [0.5, 0.6) is 0 Å². The topological polar surface area (TPSA) is 55.8 Å². The van der Waals surface area contributed by atoms with Crippen LogP contribution >= 0.6 is 0 Å². The molecule has 0 aromatic carbocycles. The Kier molecular flexibility index (Phi) is 8.34. The predicted molar refractivity (Wildman–Crippen MR) is 93.4 cm³/mol. The van der Waals surface area contributed by atoms with Gasteiger partial charge in [-0.1, -0.05) is 19.3 Å². The molecule has 2 fully saturated rings. The quantitative estimate of drug-likeness (QED) is 0.709. The first kappa shape index (κ1) is 18.7. The van der Waals surface area contributed by atoms with E-state index in [1.807, 2.05) is 0 Å². The summed E-state index contributed by atoms with van der Waals surface area (Å²) in [6.45, 7) is 5.21. The predicted octanol–water partition coefficient (Wildman–Crippen LogP) is 1.46. The third-order valence-corrected chi connectivity index (χ3v) is 5.38. The highest BCUT2D eigenvalue weighted by atomic mass is 16.3. The summed E-state index contributed by atoms with van der Waals surface area (Å²) in [5, 5.41) is 12.2. The van der Waals surface area contributed by atoms with E-state index in [9.17, 15) is 4.79 Å². The van der Waals surface area contributed by atoms with Crippen molar-refractivity contribution in [2.24, 2.45) is 5.92 Å². The molecule has 2 N–H and O–H groups in total. The van der Waals surface area contributed by atoms with E-state index >= 15 is 0 Å². The van der Waals surface area contributed by atoms with Gasteiger partial charge in [-0.3, -0.25) is 4.79 Å². The normalized spacial score (nSPS) is 21.7. The fourth-order valence-electron chi connectivity index (χ4n) is 3.91. The zero-order valence-corrected chi connectivity index (χ0v) is 14.8. The van der Waals surface area contributed by atoms with Crippen LogP contribution < -0.4 is 5.32 Å². The van der Waals surface area contributed by atoms with Crippen LogP contribution in [0.15, 0.2) is 0 Å². The molecule has 0 unspecified atom stereocenters. The number of carbonyl (C=O) groups excluding carboxylic acids is 1. The summed E-state index contributed by atoms with van der Waals surface area (Å²) in [5.74, 6) is 0.956. The Morgan fingerprint density at radius 2 is 1.87 bits per heavy atom. The van der Waals surface area contributed by atoms with Crippen molar-refractivity contribution >= 4 is 5.91 Å². The fraction of sp³-hybridized carbons (Fsp3) is 0.944. The summed E-state index contributed by atoms with van der Waals surface area (Å²) in [6.07, 6.45) is 9.21. The Bertz CT molecular complexity index is 337. The van der Waals surface area contributed by atoms with Crippen molar-refractivity contribution in [3.8, 4) is 0 Å². The van der Waals surface area contributed by atoms with Gasteiger partial charge in [0.05, 0.1) is 6.61 Å². The standard InChI is InChI=1S/C18H35N3O2/c1-20(15-16-7-11-21(12-8-16)13-14-22)10-9-18(23)19-17-5-3-2-4-6-17/h16-17,22H,2-15H2,1H3,(H,19,23). The first-order valence-electron chi connectivity index (χ1n) is 9.48. The second-order valence-electron chi connectivity index (χ2n) is 7.42. The lowest BCUT2D eigenvalue weighted by atomic mass is 9.95. The highest BCUT2D eigenvalue weighted by Crippen LogP contribution is 2.18. The van der Waals surface area contributed by atoms with Gasteiger partial charge in [-0.05, 0) is 51.7 Å². The van der Waals surface area contributed by atoms with Gasteiger partial charge in [0.25, 0.3) is 0 Å². The van der Waals surface area contributed by atoms with Gasteiger partial charge >= 0.3 is 0 Å². The number of nitrogens with one attached hydrogen (secondary N) is 1. The highest BCUT2D eigenvalue weighted by molar-refractivity contribution is 5.76. The van der Waals surface area contributed by atoms with Gasteiger partial charge in [0.1, 0.15) is 0 Å². The number of nitrogens with zero attached hydrogens (tertiary/aromatic N) is 2. The Labute approximate surface area is 141 Å². The number of rotatable bonds is 8. The van der Waals surface area contributed by atoms with Gasteiger partial charge in [-0.25, -0.2) is 0 Å². The summed E-state index contributed by atoms with van der Waals surface area (Å²) in [6, 6.07) is 0.428.